The number of nitrogens with zero attached hydrogens (tertiary/aromatic N) is 1. The standard InChI is InChI=1S/C28H28N2O5/c1-32-26-16-22-23(17-27(26)33-2)29-14-13-25(22)35-21-11-9-19(10-12-21)15-24(28(31)34-3)30-18-20-7-5-4-6-8-20/h4-14,16-17,24,30H,15,18H2,1-3H3. The Kier molecular flexibility index (Phi) is 7.80. The summed E-state index contributed by atoms with van der Waals surface area (Å²) in [5.41, 5.74) is 2.82. The Bertz CT molecular complexity index is 1280. The Hall–Kier alpha value is -4.10. The Morgan fingerprint density at radius 1 is 0.857 bits per heavy atom. The maximum Gasteiger partial charge on any atom is 0.323 e. The van der Waals surface area contributed by atoms with E-state index in [0.29, 0.717) is 36.0 Å². The number of ether oxygens (including phenoxy) is 4. The summed E-state index contributed by atoms with van der Waals surface area (Å²) >= 11 is 0. The molecule has 1 heterocycles. The van der Waals surface area contributed by atoms with E-state index in [4.69, 9.17) is 18.9 Å². The van der Waals surface area contributed by atoms with Crippen LogP contribution in [0.1, 0.15) is 11.1 Å². The first-order valence-corrected chi connectivity index (χ1v) is 11.2. The van der Waals surface area contributed by atoms with E-state index in [-0.39, 0.29) is 5.97 Å². The van der Waals surface area contributed by atoms with E-state index in [9.17, 15) is 4.79 Å². The fraction of sp³-hybridized carbons (Fsp3) is 0.214. The number of carbonyl (C=O) groups is 1. The summed E-state index contributed by atoms with van der Waals surface area (Å²) < 4.78 is 22.0. The highest BCUT2D eigenvalue weighted by atomic mass is 16.5. The van der Waals surface area contributed by atoms with Crippen LogP contribution in [0.25, 0.3) is 10.9 Å². The van der Waals surface area contributed by atoms with Gasteiger partial charge in [-0.1, -0.05) is 42.5 Å². The van der Waals surface area contributed by atoms with Crippen molar-refractivity contribution in [3.8, 4) is 23.0 Å². The third kappa shape index (κ3) is 5.88. The molecule has 35 heavy (non-hydrogen) atoms. The third-order valence-corrected chi connectivity index (χ3v) is 5.68. The zero-order chi connectivity index (χ0) is 24.6. The highest BCUT2D eigenvalue weighted by Crippen LogP contribution is 2.36. The molecule has 7 nitrogen and oxygen atoms in total. The van der Waals surface area contributed by atoms with Crippen molar-refractivity contribution in [2.45, 2.75) is 19.0 Å². The number of carbonyl (C=O) groups excluding carboxylic acids is 1. The Morgan fingerprint density at radius 3 is 2.26 bits per heavy atom. The van der Waals surface area contributed by atoms with E-state index in [1.165, 1.54) is 7.11 Å². The van der Waals surface area contributed by atoms with Gasteiger partial charge in [0.25, 0.3) is 0 Å². The fourth-order valence-electron chi connectivity index (χ4n) is 3.81. The minimum Gasteiger partial charge on any atom is -0.493 e. The number of fused-ring (bicyclic) bond motifs is 1. The van der Waals surface area contributed by atoms with E-state index >= 15 is 0 Å². The molecule has 0 fully saturated rings. The lowest BCUT2D eigenvalue weighted by Crippen LogP contribution is -2.39. The van der Waals surface area contributed by atoms with Gasteiger partial charge in [-0.2, -0.15) is 0 Å². The molecule has 4 rings (SSSR count). The molecule has 0 aliphatic carbocycles. The number of methoxy groups -OCH3 is 3. The molecule has 0 aliphatic heterocycles. The first kappa shape index (κ1) is 24.0. The first-order chi connectivity index (χ1) is 17.1. The zero-order valence-corrected chi connectivity index (χ0v) is 20.0. The summed E-state index contributed by atoms with van der Waals surface area (Å²) in [6.07, 6.45) is 2.19. The lowest BCUT2D eigenvalue weighted by molar-refractivity contribution is -0.143. The molecule has 1 N–H and O–H groups in total. The Balaban J connectivity index is 1.48. The molecular formula is C28H28N2O5. The van der Waals surface area contributed by atoms with Crippen LogP contribution in [0.5, 0.6) is 23.0 Å². The summed E-state index contributed by atoms with van der Waals surface area (Å²) in [7, 11) is 4.59. The van der Waals surface area contributed by atoms with Crippen LogP contribution < -0.4 is 19.5 Å². The summed E-state index contributed by atoms with van der Waals surface area (Å²) in [4.78, 5) is 16.7. The molecular weight excluding hydrogens is 444 g/mol. The van der Waals surface area contributed by atoms with Crippen LogP contribution in [0, 0.1) is 0 Å². The summed E-state index contributed by atoms with van der Waals surface area (Å²) in [6.45, 7) is 0.575. The van der Waals surface area contributed by atoms with Crippen molar-refractivity contribution in [3.63, 3.8) is 0 Å². The lowest BCUT2D eigenvalue weighted by atomic mass is 10.1. The van der Waals surface area contributed by atoms with Crippen molar-refractivity contribution >= 4 is 16.9 Å². The average Bonchev–Trinajstić information content (AvgIpc) is 2.91. The SMILES string of the molecule is COC(=O)C(Cc1ccc(Oc2ccnc3cc(OC)c(OC)cc23)cc1)NCc1ccccc1. The second kappa shape index (κ2) is 11.4. The van der Waals surface area contributed by atoms with Gasteiger partial charge in [0.05, 0.1) is 26.8 Å². The largest absolute Gasteiger partial charge is 0.493 e. The molecule has 1 atom stereocenters. The van der Waals surface area contributed by atoms with Crippen molar-refractivity contribution in [2.75, 3.05) is 21.3 Å². The number of hydrogen-bond acceptors (Lipinski definition) is 7. The second-order valence-corrected chi connectivity index (χ2v) is 7.93. The van der Waals surface area contributed by atoms with E-state index in [1.54, 1.807) is 20.4 Å². The number of pyridine rings is 1. The maximum atomic E-state index is 12.3. The third-order valence-electron chi connectivity index (χ3n) is 5.68. The van der Waals surface area contributed by atoms with Gasteiger partial charge in [0.2, 0.25) is 0 Å². The normalized spacial score (nSPS) is 11.6. The van der Waals surface area contributed by atoms with Crippen LogP contribution in [0.15, 0.2) is 79.0 Å². The van der Waals surface area contributed by atoms with Gasteiger partial charge in [0.15, 0.2) is 11.5 Å². The van der Waals surface area contributed by atoms with Gasteiger partial charge < -0.3 is 24.3 Å². The zero-order valence-electron chi connectivity index (χ0n) is 20.0. The minimum absolute atomic E-state index is 0.297. The second-order valence-electron chi connectivity index (χ2n) is 7.93. The maximum absolute atomic E-state index is 12.3. The van der Waals surface area contributed by atoms with Crippen molar-refractivity contribution in [1.82, 2.24) is 10.3 Å². The van der Waals surface area contributed by atoms with Gasteiger partial charge in [-0.25, -0.2) is 0 Å². The fourth-order valence-corrected chi connectivity index (χ4v) is 3.81. The molecule has 1 aromatic heterocycles. The molecule has 180 valence electrons. The van der Waals surface area contributed by atoms with Crippen molar-refractivity contribution in [3.05, 3.63) is 90.1 Å². The number of rotatable bonds is 10. The highest BCUT2D eigenvalue weighted by Gasteiger charge is 2.19. The van der Waals surface area contributed by atoms with Crippen LogP contribution in [-0.4, -0.2) is 38.3 Å². The predicted molar refractivity (Wildman–Crippen MR) is 134 cm³/mol. The van der Waals surface area contributed by atoms with Gasteiger partial charge in [-0.05, 0) is 41.8 Å². The van der Waals surface area contributed by atoms with Crippen molar-refractivity contribution in [2.24, 2.45) is 0 Å². The van der Waals surface area contributed by atoms with Crippen LogP contribution in [-0.2, 0) is 22.5 Å². The van der Waals surface area contributed by atoms with E-state index in [1.807, 2.05) is 72.8 Å². The van der Waals surface area contributed by atoms with Gasteiger partial charge in [0.1, 0.15) is 17.5 Å². The molecule has 1 unspecified atom stereocenters. The van der Waals surface area contributed by atoms with Crippen molar-refractivity contribution < 1.29 is 23.7 Å². The molecule has 0 radical (unpaired) electrons. The molecule has 3 aromatic carbocycles. The van der Waals surface area contributed by atoms with E-state index in [0.717, 1.165) is 22.0 Å². The molecule has 0 amide bonds. The number of aromatic nitrogens is 1. The molecule has 0 aliphatic rings. The monoisotopic (exact) mass is 472 g/mol. The Morgan fingerprint density at radius 2 is 1.57 bits per heavy atom. The average molecular weight is 473 g/mol. The molecule has 0 saturated heterocycles. The van der Waals surface area contributed by atoms with E-state index in [2.05, 4.69) is 10.3 Å². The molecule has 7 heteroatoms. The lowest BCUT2D eigenvalue weighted by Gasteiger charge is -2.17. The van der Waals surface area contributed by atoms with E-state index < -0.39 is 6.04 Å². The van der Waals surface area contributed by atoms with Crippen LogP contribution in [0.4, 0.5) is 0 Å². The number of nitrogens with one attached hydrogen (secondary N) is 1. The molecule has 4 aromatic rings. The van der Waals surface area contributed by atoms with Crippen LogP contribution in [0.2, 0.25) is 0 Å². The number of esters is 1. The van der Waals surface area contributed by atoms with Crippen molar-refractivity contribution in [1.29, 1.82) is 0 Å². The molecule has 0 saturated carbocycles. The Labute approximate surface area is 204 Å². The van der Waals surface area contributed by atoms with Crippen LogP contribution >= 0.6 is 0 Å². The summed E-state index contributed by atoms with van der Waals surface area (Å²) in [5.74, 6) is 2.23. The summed E-state index contributed by atoms with van der Waals surface area (Å²) in [5, 5.41) is 4.11. The number of hydrogen-bond donors (Lipinski definition) is 1. The minimum atomic E-state index is -0.460. The van der Waals surface area contributed by atoms with Gasteiger partial charge in [-0.3, -0.25) is 9.78 Å². The quantitative estimate of drug-likeness (QED) is 0.328. The predicted octanol–water partition coefficient (Wildman–Crippen LogP) is 4.92. The smallest absolute Gasteiger partial charge is 0.323 e. The topological polar surface area (TPSA) is 78.9 Å². The van der Waals surface area contributed by atoms with Gasteiger partial charge in [-0.15, -0.1) is 0 Å². The van der Waals surface area contributed by atoms with Gasteiger partial charge in [0, 0.05) is 24.2 Å². The highest BCUT2D eigenvalue weighted by molar-refractivity contribution is 5.88. The number of benzene rings is 3. The molecule has 0 bridgehead atoms. The van der Waals surface area contributed by atoms with Gasteiger partial charge >= 0.3 is 5.97 Å². The van der Waals surface area contributed by atoms with Crippen LogP contribution in [0.3, 0.4) is 0 Å². The first-order valence-electron chi connectivity index (χ1n) is 11.2. The molecule has 0 spiro atoms. The summed E-state index contributed by atoms with van der Waals surface area (Å²) in [6, 6.07) is 22.6.